The van der Waals surface area contributed by atoms with E-state index in [0.29, 0.717) is 25.6 Å². The summed E-state index contributed by atoms with van der Waals surface area (Å²) in [6.45, 7) is 4.81. The van der Waals surface area contributed by atoms with Crippen LogP contribution in [-0.4, -0.2) is 59.8 Å². The number of hydrogen-bond acceptors (Lipinski definition) is 4. The van der Waals surface area contributed by atoms with Crippen LogP contribution in [0.1, 0.15) is 38.4 Å². The summed E-state index contributed by atoms with van der Waals surface area (Å²) in [6, 6.07) is 0.675. The molecule has 1 saturated heterocycles. The maximum absolute atomic E-state index is 12.6. The SMILES string of the molecule is CCc1ncc(S(=O)(=O)N2CCN(C3CCCC3)CC2)[nH]1. The molecule has 6 nitrogen and oxygen atoms in total. The highest BCUT2D eigenvalue weighted by atomic mass is 32.2. The van der Waals surface area contributed by atoms with Gasteiger partial charge in [0.15, 0.2) is 5.03 Å². The van der Waals surface area contributed by atoms with Crippen LogP contribution in [0.25, 0.3) is 0 Å². The van der Waals surface area contributed by atoms with Crippen molar-refractivity contribution < 1.29 is 8.42 Å². The quantitative estimate of drug-likeness (QED) is 0.907. The first-order chi connectivity index (χ1) is 10.1. The minimum atomic E-state index is -3.41. The van der Waals surface area contributed by atoms with Gasteiger partial charge in [-0.1, -0.05) is 19.8 Å². The summed E-state index contributed by atoms with van der Waals surface area (Å²) in [5, 5.41) is 0.230. The minimum Gasteiger partial charge on any atom is -0.332 e. The van der Waals surface area contributed by atoms with Gasteiger partial charge in [-0.3, -0.25) is 4.90 Å². The van der Waals surface area contributed by atoms with Crippen LogP contribution in [0, 0.1) is 0 Å². The number of imidazole rings is 1. The first kappa shape index (κ1) is 15.0. The van der Waals surface area contributed by atoms with Crippen LogP contribution in [0.2, 0.25) is 0 Å². The molecule has 0 spiro atoms. The van der Waals surface area contributed by atoms with Crippen LogP contribution < -0.4 is 0 Å². The second-order valence-corrected chi connectivity index (χ2v) is 7.83. The predicted octanol–water partition coefficient (Wildman–Crippen LogP) is 1.22. The van der Waals surface area contributed by atoms with Crippen LogP contribution in [0.3, 0.4) is 0 Å². The molecule has 0 unspecified atom stereocenters. The third kappa shape index (κ3) is 3.00. The van der Waals surface area contributed by atoms with Crippen LogP contribution in [-0.2, 0) is 16.4 Å². The van der Waals surface area contributed by atoms with Crippen molar-refractivity contribution >= 4 is 10.0 Å². The highest BCUT2D eigenvalue weighted by molar-refractivity contribution is 7.89. The zero-order valence-corrected chi connectivity index (χ0v) is 13.4. The van der Waals surface area contributed by atoms with E-state index in [4.69, 9.17) is 0 Å². The third-order valence-electron chi connectivity index (χ3n) is 4.67. The molecular formula is C14H24N4O2S. The molecule has 118 valence electrons. The van der Waals surface area contributed by atoms with Gasteiger partial charge in [-0.25, -0.2) is 13.4 Å². The molecule has 1 N–H and O–H groups in total. The molecule has 1 aliphatic heterocycles. The van der Waals surface area contributed by atoms with Gasteiger partial charge in [0, 0.05) is 38.6 Å². The van der Waals surface area contributed by atoms with Crippen LogP contribution >= 0.6 is 0 Å². The van der Waals surface area contributed by atoms with Crippen molar-refractivity contribution in [1.82, 2.24) is 19.2 Å². The topological polar surface area (TPSA) is 69.3 Å². The lowest BCUT2D eigenvalue weighted by molar-refractivity contribution is 0.139. The molecule has 2 fully saturated rings. The average molecular weight is 312 g/mol. The molecule has 0 bridgehead atoms. The standard InChI is InChI=1S/C14H24N4O2S/c1-2-13-15-11-14(16-13)21(19,20)18-9-7-17(8-10-18)12-5-3-4-6-12/h11-12H,2-10H2,1H3,(H,15,16). The Morgan fingerprint density at radius 2 is 1.90 bits per heavy atom. The fourth-order valence-corrected chi connectivity index (χ4v) is 4.73. The van der Waals surface area contributed by atoms with Crippen molar-refractivity contribution in [2.45, 2.75) is 50.1 Å². The van der Waals surface area contributed by atoms with Crippen molar-refractivity contribution in [3.63, 3.8) is 0 Å². The third-order valence-corrected chi connectivity index (χ3v) is 6.48. The lowest BCUT2D eigenvalue weighted by Crippen LogP contribution is -2.51. The number of sulfonamides is 1. The Morgan fingerprint density at radius 1 is 1.24 bits per heavy atom. The largest absolute Gasteiger partial charge is 0.332 e. The molecule has 2 aliphatic rings. The van der Waals surface area contributed by atoms with Crippen LogP contribution in [0.4, 0.5) is 0 Å². The van der Waals surface area contributed by atoms with Gasteiger partial charge >= 0.3 is 0 Å². The highest BCUT2D eigenvalue weighted by Gasteiger charge is 2.32. The predicted molar refractivity (Wildman–Crippen MR) is 80.6 cm³/mol. The van der Waals surface area contributed by atoms with Crippen molar-refractivity contribution in [3.8, 4) is 0 Å². The van der Waals surface area contributed by atoms with Gasteiger partial charge in [-0.15, -0.1) is 0 Å². The van der Waals surface area contributed by atoms with Gasteiger partial charge in [0.25, 0.3) is 10.0 Å². The van der Waals surface area contributed by atoms with E-state index in [-0.39, 0.29) is 5.03 Å². The molecule has 0 amide bonds. The molecule has 7 heteroatoms. The van der Waals surface area contributed by atoms with Gasteiger partial charge in [0.1, 0.15) is 5.82 Å². The fourth-order valence-electron chi connectivity index (χ4n) is 3.37. The molecule has 2 heterocycles. The van der Waals surface area contributed by atoms with E-state index in [0.717, 1.165) is 18.9 Å². The molecular weight excluding hydrogens is 288 g/mol. The zero-order chi connectivity index (χ0) is 14.9. The maximum atomic E-state index is 12.6. The number of H-pyrrole nitrogens is 1. The number of piperazine rings is 1. The molecule has 0 radical (unpaired) electrons. The molecule has 1 saturated carbocycles. The van der Waals surface area contributed by atoms with Gasteiger partial charge in [0.2, 0.25) is 0 Å². The normalized spacial score (nSPS) is 22.9. The lowest BCUT2D eigenvalue weighted by atomic mass is 10.2. The molecule has 0 aromatic carbocycles. The van der Waals surface area contributed by atoms with Crippen molar-refractivity contribution in [3.05, 3.63) is 12.0 Å². The summed E-state index contributed by atoms with van der Waals surface area (Å²) >= 11 is 0. The van der Waals surface area contributed by atoms with Crippen LogP contribution in [0.5, 0.6) is 0 Å². The Bertz CT molecular complexity index is 570. The van der Waals surface area contributed by atoms with Crippen molar-refractivity contribution in [2.24, 2.45) is 0 Å². The molecule has 1 aliphatic carbocycles. The summed E-state index contributed by atoms with van der Waals surface area (Å²) in [7, 11) is -3.41. The number of hydrogen-bond donors (Lipinski definition) is 1. The summed E-state index contributed by atoms with van der Waals surface area (Å²) in [5.74, 6) is 0.721. The number of aryl methyl sites for hydroxylation is 1. The van der Waals surface area contributed by atoms with E-state index in [1.165, 1.54) is 31.9 Å². The van der Waals surface area contributed by atoms with E-state index >= 15 is 0 Å². The summed E-state index contributed by atoms with van der Waals surface area (Å²) in [5.41, 5.74) is 0. The van der Waals surface area contributed by atoms with Gasteiger partial charge in [-0.05, 0) is 12.8 Å². The number of rotatable bonds is 4. The van der Waals surface area contributed by atoms with Crippen molar-refractivity contribution in [1.29, 1.82) is 0 Å². The fraction of sp³-hybridized carbons (Fsp3) is 0.786. The molecule has 21 heavy (non-hydrogen) atoms. The van der Waals surface area contributed by atoms with E-state index in [1.807, 2.05) is 6.92 Å². The second-order valence-electron chi connectivity index (χ2n) is 5.93. The summed E-state index contributed by atoms with van der Waals surface area (Å²) < 4.78 is 26.7. The van der Waals surface area contributed by atoms with Gasteiger partial charge < -0.3 is 4.98 Å². The minimum absolute atomic E-state index is 0.230. The molecule has 0 atom stereocenters. The van der Waals surface area contributed by atoms with Crippen molar-refractivity contribution in [2.75, 3.05) is 26.2 Å². The number of aromatic nitrogens is 2. The first-order valence-corrected chi connectivity index (χ1v) is 9.33. The Balaban J connectivity index is 1.65. The Labute approximate surface area is 126 Å². The molecule has 3 rings (SSSR count). The summed E-state index contributed by atoms with van der Waals surface area (Å²) in [4.78, 5) is 9.48. The highest BCUT2D eigenvalue weighted by Crippen LogP contribution is 2.25. The Morgan fingerprint density at radius 3 is 2.48 bits per heavy atom. The van der Waals surface area contributed by atoms with Crippen LogP contribution in [0.15, 0.2) is 11.2 Å². The molecule has 1 aromatic rings. The Hall–Kier alpha value is -0.920. The number of aromatic amines is 1. The number of nitrogens with one attached hydrogen (secondary N) is 1. The summed E-state index contributed by atoms with van der Waals surface area (Å²) in [6.07, 6.45) is 7.33. The second kappa shape index (κ2) is 6.06. The first-order valence-electron chi connectivity index (χ1n) is 7.89. The molecule has 1 aromatic heterocycles. The maximum Gasteiger partial charge on any atom is 0.260 e. The number of nitrogens with zero attached hydrogens (tertiary/aromatic N) is 3. The zero-order valence-electron chi connectivity index (χ0n) is 12.6. The Kier molecular flexibility index (Phi) is 4.33. The van der Waals surface area contributed by atoms with E-state index in [9.17, 15) is 8.42 Å². The van der Waals surface area contributed by atoms with E-state index in [1.54, 1.807) is 4.31 Å². The van der Waals surface area contributed by atoms with E-state index in [2.05, 4.69) is 14.9 Å². The van der Waals surface area contributed by atoms with Gasteiger partial charge in [0.05, 0.1) is 6.20 Å². The van der Waals surface area contributed by atoms with E-state index < -0.39 is 10.0 Å². The smallest absolute Gasteiger partial charge is 0.260 e. The van der Waals surface area contributed by atoms with Gasteiger partial charge in [-0.2, -0.15) is 4.31 Å². The monoisotopic (exact) mass is 312 g/mol. The lowest BCUT2D eigenvalue weighted by Gasteiger charge is -2.37. The average Bonchev–Trinajstić information content (AvgIpc) is 3.19.